The van der Waals surface area contributed by atoms with Gasteiger partial charge in [0.1, 0.15) is 5.82 Å². The minimum absolute atomic E-state index is 0.0276. The van der Waals surface area contributed by atoms with Crippen molar-refractivity contribution in [1.29, 1.82) is 0 Å². The van der Waals surface area contributed by atoms with Crippen LogP contribution in [-0.4, -0.2) is 68.6 Å². The van der Waals surface area contributed by atoms with Crippen LogP contribution < -0.4 is 15.9 Å². The normalized spacial score (nSPS) is 21.0. The molecule has 1 aromatic carbocycles. The molecule has 1 atom stereocenters. The number of aromatic nitrogens is 4. The number of ether oxygens (including phenoxy) is 1. The second-order valence-corrected chi connectivity index (χ2v) is 11.6. The molecule has 1 unspecified atom stereocenters. The van der Waals surface area contributed by atoms with Crippen molar-refractivity contribution in [3.8, 4) is 5.69 Å². The van der Waals surface area contributed by atoms with Crippen molar-refractivity contribution in [2.75, 3.05) is 31.2 Å². The lowest BCUT2D eigenvalue weighted by Crippen LogP contribution is -2.44. The maximum Gasteiger partial charge on any atom is 0.333 e. The molecule has 1 aliphatic carbocycles. The standard InChI is InChI=1S/C31H35ClN6O4/c1-20-26(14-22(32)15-33-20)30(40)35-23-8-6-21(7-9-23)17-37-27-4-2-3-5-28(27)38(31(37)41)24-10-11-29(34-16-24)36-12-13-42-25(18-36)19-39/h2-5,10-11,14-16,21,23,25,39H,6-9,12-13,17-19H2,1H3,(H,35,40). The van der Waals surface area contributed by atoms with Crippen molar-refractivity contribution in [2.24, 2.45) is 5.92 Å². The highest BCUT2D eigenvalue weighted by atomic mass is 35.5. The van der Waals surface area contributed by atoms with Crippen LogP contribution in [0.2, 0.25) is 5.02 Å². The molecule has 0 spiro atoms. The van der Waals surface area contributed by atoms with E-state index in [1.807, 2.05) is 41.0 Å². The lowest BCUT2D eigenvalue weighted by molar-refractivity contribution is 0.00336. The third-order valence-corrected chi connectivity index (χ3v) is 8.62. The Bertz CT molecular complexity index is 1630. The summed E-state index contributed by atoms with van der Waals surface area (Å²) >= 11 is 6.05. The molecule has 0 bridgehead atoms. The van der Waals surface area contributed by atoms with Crippen molar-refractivity contribution >= 4 is 34.4 Å². The van der Waals surface area contributed by atoms with E-state index in [1.54, 1.807) is 30.0 Å². The van der Waals surface area contributed by atoms with Crippen LogP contribution in [0.5, 0.6) is 0 Å². The first-order valence-electron chi connectivity index (χ1n) is 14.5. The molecule has 6 rings (SSSR count). The number of carbonyl (C=O) groups is 1. The highest BCUT2D eigenvalue weighted by molar-refractivity contribution is 6.30. The van der Waals surface area contributed by atoms with Crippen LogP contribution in [0.15, 0.2) is 59.7 Å². The number of amides is 1. The third-order valence-electron chi connectivity index (χ3n) is 8.41. The summed E-state index contributed by atoms with van der Waals surface area (Å²) in [6.07, 6.45) is 6.58. The van der Waals surface area contributed by atoms with Crippen molar-refractivity contribution in [2.45, 2.75) is 51.3 Å². The fourth-order valence-electron chi connectivity index (χ4n) is 6.12. The van der Waals surface area contributed by atoms with Gasteiger partial charge in [-0.25, -0.2) is 9.78 Å². The van der Waals surface area contributed by atoms with E-state index < -0.39 is 0 Å². The third kappa shape index (κ3) is 5.79. The number of anilines is 1. The Balaban J connectivity index is 1.16. The molecule has 10 nitrogen and oxygen atoms in total. The summed E-state index contributed by atoms with van der Waals surface area (Å²) in [4.78, 5) is 37.6. The van der Waals surface area contributed by atoms with Crippen LogP contribution in [0.1, 0.15) is 41.7 Å². The van der Waals surface area contributed by atoms with Gasteiger partial charge in [-0.2, -0.15) is 0 Å². The summed E-state index contributed by atoms with van der Waals surface area (Å²) < 4.78 is 9.17. The molecule has 42 heavy (non-hydrogen) atoms. The monoisotopic (exact) mass is 590 g/mol. The van der Waals surface area contributed by atoms with E-state index in [1.165, 1.54) is 0 Å². The molecule has 220 valence electrons. The van der Waals surface area contributed by atoms with Gasteiger partial charge in [-0.05, 0) is 68.9 Å². The molecule has 4 heterocycles. The largest absolute Gasteiger partial charge is 0.394 e. The second kappa shape index (κ2) is 12.2. The number of imidazole rings is 1. The molecular weight excluding hydrogens is 556 g/mol. The van der Waals surface area contributed by atoms with E-state index in [-0.39, 0.29) is 30.3 Å². The van der Waals surface area contributed by atoms with E-state index in [0.29, 0.717) is 54.1 Å². The van der Waals surface area contributed by atoms with Crippen molar-refractivity contribution < 1.29 is 14.6 Å². The Morgan fingerprint density at radius 1 is 1.10 bits per heavy atom. The first-order valence-corrected chi connectivity index (χ1v) is 14.9. The summed E-state index contributed by atoms with van der Waals surface area (Å²) in [6.45, 7) is 4.20. The van der Waals surface area contributed by atoms with Crippen LogP contribution >= 0.6 is 11.6 Å². The van der Waals surface area contributed by atoms with Gasteiger partial charge in [0.2, 0.25) is 0 Å². The Morgan fingerprint density at radius 2 is 1.88 bits per heavy atom. The Morgan fingerprint density at radius 3 is 2.62 bits per heavy atom. The lowest BCUT2D eigenvalue weighted by Gasteiger charge is -2.32. The zero-order valence-corrected chi connectivity index (χ0v) is 24.3. The summed E-state index contributed by atoms with van der Waals surface area (Å²) in [7, 11) is 0. The molecule has 0 radical (unpaired) electrons. The number of morpholine rings is 1. The van der Waals surface area contributed by atoms with Gasteiger partial charge in [0.05, 0.1) is 58.5 Å². The predicted octanol–water partition coefficient (Wildman–Crippen LogP) is 3.73. The van der Waals surface area contributed by atoms with E-state index in [2.05, 4.69) is 20.2 Å². The number of pyridine rings is 2. The number of hydrogen-bond donors (Lipinski definition) is 2. The quantitative estimate of drug-likeness (QED) is 0.337. The first kappa shape index (κ1) is 28.4. The van der Waals surface area contributed by atoms with Gasteiger partial charge in [-0.3, -0.25) is 18.9 Å². The number of hydrogen-bond acceptors (Lipinski definition) is 7. The number of nitrogens with one attached hydrogen (secondary N) is 1. The number of carbonyl (C=O) groups excluding carboxylic acids is 1. The van der Waals surface area contributed by atoms with E-state index in [0.717, 1.165) is 42.5 Å². The smallest absolute Gasteiger partial charge is 0.333 e. The van der Waals surface area contributed by atoms with Gasteiger partial charge < -0.3 is 20.1 Å². The van der Waals surface area contributed by atoms with Crippen molar-refractivity contribution in [1.82, 2.24) is 24.4 Å². The van der Waals surface area contributed by atoms with E-state index in [9.17, 15) is 14.7 Å². The topological polar surface area (TPSA) is 115 Å². The zero-order valence-electron chi connectivity index (χ0n) is 23.6. The van der Waals surface area contributed by atoms with Crippen LogP contribution in [0, 0.1) is 12.8 Å². The van der Waals surface area contributed by atoms with Gasteiger partial charge in [-0.15, -0.1) is 0 Å². The molecule has 11 heteroatoms. The van der Waals surface area contributed by atoms with Crippen LogP contribution in [0.3, 0.4) is 0 Å². The van der Waals surface area contributed by atoms with Gasteiger partial charge in [-0.1, -0.05) is 23.7 Å². The molecule has 2 aliphatic rings. The molecule has 1 amide bonds. The Hall–Kier alpha value is -3.73. The molecule has 1 saturated heterocycles. The van der Waals surface area contributed by atoms with Gasteiger partial charge >= 0.3 is 5.69 Å². The molecule has 3 aromatic heterocycles. The number of fused-ring (bicyclic) bond motifs is 1. The summed E-state index contributed by atoms with van der Waals surface area (Å²) in [5, 5.41) is 13.1. The van der Waals surface area contributed by atoms with Gasteiger partial charge in [0, 0.05) is 31.9 Å². The average Bonchev–Trinajstić information content (AvgIpc) is 3.30. The number of rotatable bonds is 7. The fraction of sp³-hybridized carbons (Fsp3) is 0.419. The van der Waals surface area contributed by atoms with Crippen LogP contribution in [0.25, 0.3) is 16.7 Å². The minimum atomic E-state index is -0.225. The Labute approximate surface area is 248 Å². The molecular formula is C31H35ClN6O4. The van der Waals surface area contributed by atoms with Gasteiger partial charge in [0.15, 0.2) is 0 Å². The number of aliphatic hydroxyl groups excluding tert-OH is 1. The van der Waals surface area contributed by atoms with E-state index in [4.69, 9.17) is 16.3 Å². The highest BCUT2D eigenvalue weighted by Gasteiger charge is 2.26. The maximum absolute atomic E-state index is 13.8. The molecule has 1 aliphatic heterocycles. The number of para-hydroxylation sites is 2. The van der Waals surface area contributed by atoms with Crippen molar-refractivity contribution in [3.63, 3.8) is 0 Å². The fourth-order valence-corrected chi connectivity index (χ4v) is 6.28. The summed E-state index contributed by atoms with van der Waals surface area (Å²) in [6, 6.07) is 13.4. The number of aryl methyl sites for hydroxylation is 1. The summed E-state index contributed by atoms with van der Waals surface area (Å²) in [5.74, 6) is 0.973. The van der Waals surface area contributed by atoms with Crippen molar-refractivity contribution in [3.05, 3.63) is 81.6 Å². The lowest BCUT2D eigenvalue weighted by atomic mass is 9.85. The second-order valence-electron chi connectivity index (χ2n) is 11.2. The first-order chi connectivity index (χ1) is 20.4. The highest BCUT2D eigenvalue weighted by Crippen LogP contribution is 2.28. The molecule has 1 saturated carbocycles. The number of halogens is 1. The van der Waals surface area contributed by atoms with Gasteiger partial charge in [0.25, 0.3) is 5.91 Å². The maximum atomic E-state index is 13.8. The minimum Gasteiger partial charge on any atom is -0.394 e. The number of benzene rings is 1. The molecule has 2 fully saturated rings. The SMILES string of the molecule is Cc1ncc(Cl)cc1C(=O)NC1CCC(Cn2c(=O)n(-c3ccc(N4CCOC(CO)C4)nc3)c3ccccc32)CC1. The summed E-state index contributed by atoms with van der Waals surface area (Å²) in [5.41, 5.74) is 3.52. The number of aliphatic hydroxyl groups is 1. The number of nitrogens with zero attached hydrogens (tertiary/aromatic N) is 5. The van der Waals surface area contributed by atoms with Crippen LogP contribution in [0.4, 0.5) is 5.82 Å². The predicted molar refractivity (Wildman–Crippen MR) is 162 cm³/mol. The molecule has 2 N–H and O–H groups in total. The van der Waals surface area contributed by atoms with Crippen LogP contribution in [-0.2, 0) is 11.3 Å². The average molecular weight is 591 g/mol. The van der Waals surface area contributed by atoms with E-state index >= 15 is 0 Å². The molecule has 4 aromatic rings. The Kier molecular flexibility index (Phi) is 8.28. The zero-order chi connectivity index (χ0) is 29.2.